The molecule has 8 nitrogen and oxygen atoms in total. The maximum absolute atomic E-state index is 11.5. The molecule has 0 aromatic carbocycles. The number of hydrogen-bond acceptors (Lipinski definition) is 5. The fraction of sp³-hybridized carbons (Fsp3) is 0.688. The summed E-state index contributed by atoms with van der Waals surface area (Å²) in [6, 6.07) is 2.21. The average molecular weight is 337 g/mol. The summed E-state index contributed by atoms with van der Waals surface area (Å²) in [5.41, 5.74) is 0.938. The maximum Gasteiger partial charge on any atom is 0.409 e. The van der Waals surface area contributed by atoms with Gasteiger partial charge in [0, 0.05) is 31.7 Å². The first-order chi connectivity index (χ1) is 11.7. The third-order valence-corrected chi connectivity index (χ3v) is 3.98. The van der Waals surface area contributed by atoms with Gasteiger partial charge in [-0.2, -0.15) is 0 Å². The summed E-state index contributed by atoms with van der Waals surface area (Å²) in [7, 11) is 1.41. The molecular weight excluding hydrogens is 310 g/mol. The highest BCUT2D eigenvalue weighted by atomic mass is 16.5. The van der Waals surface area contributed by atoms with Crippen LogP contribution >= 0.6 is 0 Å². The number of likely N-dealkylation sites (tertiary alicyclic amines) is 1. The highest BCUT2D eigenvalue weighted by molar-refractivity contribution is 5.80. The van der Waals surface area contributed by atoms with Crippen molar-refractivity contribution in [3.8, 4) is 0 Å². The summed E-state index contributed by atoms with van der Waals surface area (Å²) in [6.45, 7) is 6.67. The summed E-state index contributed by atoms with van der Waals surface area (Å²) in [4.78, 5) is 17.8. The molecular formula is C16H27N5O3. The topological polar surface area (TPSA) is 92.0 Å². The van der Waals surface area contributed by atoms with Crippen molar-refractivity contribution >= 4 is 12.1 Å². The molecule has 1 fully saturated rings. The van der Waals surface area contributed by atoms with E-state index in [2.05, 4.69) is 20.8 Å². The minimum absolute atomic E-state index is 0.258. The summed E-state index contributed by atoms with van der Waals surface area (Å²) < 4.78 is 10.0. The first-order valence-corrected chi connectivity index (χ1v) is 8.48. The Bertz CT molecular complexity index is 550. The largest absolute Gasteiger partial charge is 0.453 e. The van der Waals surface area contributed by atoms with Crippen LogP contribution in [0.25, 0.3) is 0 Å². The smallest absolute Gasteiger partial charge is 0.409 e. The number of methoxy groups -OCH3 is 1. The first kappa shape index (κ1) is 18.1. The third kappa shape index (κ3) is 5.14. The van der Waals surface area contributed by atoms with Gasteiger partial charge in [0.15, 0.2) is 11.7 Å². The van der Waals surface area contributed by atoms with Crippen LogP contribution in [0.2, 0.25) is 0 Å². The molecule has 1 aromatic heterocycles. The summed E-state index contributed by atoms with van der Waals surface area (Å²) in [5, 5.41) is 10.6. The lowest BCUT2D eigenvalue weighted by Gasteiger charge is -2.32. The number of piperidine rings is 1. The molecule has 1 amide bonds. The van der Waals surface area contributed by atoms with Crippen molar-refractivity contribution in [2.75, 3.05) is 26.7 Å². The molecule has 0 atom stereocenters. The number of hydrogen-bond donors (Lipinski definition) is 2. The normalized spacial score (nSPS) is 16.1. The van der Waals surface area contributed by atoms with Gasteiger partial charge in [0.05, 0.1) is 12.8 Å². The van der Waals surface area contributed by atoms with Crippen molar-refractivity contribution in [1.29, 1.82) is 0 Å². The number of ether oxygens (including phenoxy) is 1. The second kappa shape index (κ2) is 9.14. The molecule has 2 heterocycles. The Kier molecular flexibility index (Phi) is 6.89. The van der Waals surface area contributed by atoms with Gasteiger partial charge >= 0.3 is 6.09 Å². The van der Waals surface area contributed by atoms with Crippen molar-refractivity contribution in [3.63, 3.8) is 0 Å². The third-order valence-electron chi connectivity index (χ3n) is 3.98. The summed E-state index contributed by atoms with van der Waals surface area (Å²) in [5.74, 6) is 1.51. The number of carbonyl (C=O) groups is 1. The van der Waals surface area contributed by atoms with Gasteiger partial charge in [0.25, 0.3) is 0 Å². The molecule has 0 spiro atoms. The van der Waals surface area contributed by atoms with E-state index in [0.717, 1.165) is 43.2 Å². The Labute approximate surface area is 142 Å². The molecule has 134 valence electrons. The molecule has 8 heteroatoms. The van der Waals surface area contributed by atoms with Crippen LogP contribution in [0.4, 0.5) is 4.79 Å². The van der Waals surface area contributed by atoms with E-state index in [4.69, 9.17) is 9.26 Å². The van der Waals surface area contributed by atoms with E-state index in [1.807, 2.05) is 19.9 Å². The lowest BCUT2D eigenvalue weighted by atomic mass is 10.1. The van der Waals surface area contributed by atoms with Gasteiger partial charge in [-0.1, -0.05) is 12.1 Å². The Balaban J connectivity index is 1.86. The van der Waals surface area contributed by atoms with Crippen LogP contribution in [0.15, 0.2) is 15.6 Å². The molecule has 1 aromatic rings. The lowest BCUT2D eigenvalue weighted by molar-refractivity contribution is 0.111. The molecule has 1 aliphatic heterocycles. The minimum atomic E-state index is -0.258. The van der Waals surface area contributed by atoms with Gasteiger partial charge < -0.3 is 24.8 Å². The molecule has 0 bridgehead atoms. The lowest BCUT2D eigenvalue weighted by Crippen LogP contribution is -2.49. The van der Waals surface area contributed by atoms with Gasteiger partial charge in [-0.3, -0.25) is 0 Å². The Morgan fingerprint density at radius 1 is 1.46 bits per heavy atom. The Morgan fingerprint density at radius 3 is 2.79 bits per heavy atom. The Hall–Kier alpha value is -2.25. The zero-order valence-electron chi connectivity index (χ0n) is 14.7. The van der Waals surface area contributed by atoms with Crippen molar-refractivity contribution in [2.45, 2.75) is 45.7 Å². The molecule has 0 aliphatic carbocycles. The maximum atomic E-state index is 11.5. The fourth-order valence-corrected chi connectivity index (χ4v) is 2.60. The number of carbonyl (C=O) groups excluding carboxylic acids is 1. The van der Waals surface area contributed by atoms with Crippen LogP contribution in [0, 0.1) is 0 Å². The van der Waals surface area contributed by atoms with Crippen LogP contribution in [0.3, 0.4) is 0 Å². The van der Waals surface area contributed by atoms with Crippen molar-refractivity contribution in [2.24, 2.45) is 4.99 Å². The zero-order chi connectivity index (χ0) is 17.4. The molecule has 24 heavy (non-hydrogen) atoms. The Morgan fingerprint density at radius 2 is 2.21 bits per heavy atom. The number of aryl methyl sites for hydroxylation is 1. The van der Waals surface area contributed by atoms with Gasteiger partial charge in [0.2, 0.25) is 0 Å². The molecule has 2 rings (SSSR count). The average Bonchev–Trinajstić information content (AvgIpc) is 3.08. The molecule has 1 aliphatic rings. The number of nitrogens with one attached hydrogen (secondary N) is 2. The molecule has 1 saturated heterocycles. The number of rotatable bonds is 5. The predicted octanol–water partition coefficient (Wildman–Crippen LogP) is 1.52. The number of nitrogens with zero attached hydrogens (tertiary/aromatic N) is 3. The van der Waals surface area contributed by atoms with Crippen LogP contribution in [0.5, 0.6) is 0 Å². The summed E-state index contributed by atoms with van der Waals surface area (Å²) >= 11 is 0. The fourth-order valence-electron chi connectivity index (χ4n) is 2.60. The number of aromatic nitrogens is 1. The van der Waals surface area contributed by atoms with E-state index in [9.17, 15) is 4.79 Å². The van der Waals surface area contributed by atoms with E-state index in [1.165, 1.54) is 7.11 Å². The van der Waals surface area contributed by atoms with Gasteiger partial charge in [-0.25, -0.2) is 9.79 Å². The van der Waals surface area contributed by atoms with Gasteiger partial charge in [0.1, 0.15) is 6.54 Å². The van der Waals surface area contributed by atoms with Crippen molar-refractivity contribution < 1.29 is 14.1 Å². The predicted molar refractivity (Wildman–Crippen MR) is 90.8 cm³/mol. The van der Waals surface area contributed by atoms with Crippen LogP contribution < -0.4 is 10.6 Å². The molecule has 0 radical (unpaired) electrons. The van der Waals surface area contributed by atoms with E-state index in [-0.39, 0.29) is 12.1 Å². The highest BCUT2D eigenvalue weighted by Gasteiger charge is 2.23. The first-order valence-electron chi connectivity index (χ1n) is 8.48. The van der Waals surface area contributed by atoms with E-state index < -0.39 is 0 Å². The standard InChI is InChI=1S/C16H27N5O3/c1-4-12-10-14(24-20-12)11-18-15(17-5-2)19-13-6-8-21(9-7-13)16(22)23-3/h10,13H,4-9,11H2,1-3H3,(H2,17,18,19). The SMILES string of the molecule is CCNC(=NCc1cc(CC)no1)NC1CCN(C(=O)OC)CC1. The van der Waals surface area contributed by atoms with Gasteiger partial charge in [-0.05, 0) is 26.2 Å². The van der Waals surface area contributed by atoms with Crippen LogP contribution in [0.1, 0.15) is 38.1 Å². The molecule has 0 saturated carbocycles. The monoisotopic (exact) mass is 337 g/mol. The second-order valence-electron chi connectivity index (χ2n) is 5.71. The zero-order valence-corrected chi connectivity index (χ0v) is 14.7. The second-order valence-corrected chi connectivity index (χ2v) is 5.71. The van der Waals surface area contributed by atoms with E-state index >= 15 is 0 Å². The number of amides is 1. The summed E-state index contributed by atoms with van der Waals surface area (Å²) in [6.07, 6.45) is 2.32. The van der Waals surface area contributed by atoms with Crippen molar-refractivity contribution in [3.05, 3.63) is 17.5 Å². The number of aliphatic imine (C=N–C) groups is 1. The van der Waals surface area contributed by atoms with E-state index in [1.54, 1.807) is 4.90 Å². The van der Waals surface area contributed by atoms with Crippen LogP contribution in [-0.2, 0) is 17.7 Å². The van der Waals surface area contributed by atoms with Gasteiger partial charge in [-0.15, -0.1) is 0 Å². The number of guanidine groups is 1. The van der Waals surface area contributed by atoms with Crippen molar-refractivity contribution in [1.82, 2.24) is 20.7 Å². The molecule has 0 unspecified atom stereocenters. The minimum Gasteiger partial charge on any atom is -0.453 e. The van der Waals surface area contributed by atoms with Crippen LogP contribution in [-0.4, -0.2) is 54.9 Å². The molecule has 2 N–H and O–H groups in total. The van der Waals surface area contributed by atoms with E-state index in [0.29, 0.717) is 19.6 Å². The highest BCUT2D eigenvalue weighted by Crippen LogP contribution is 2.11. The quantitative estimate of drug-likeness (QED) is 0.625.